The summed E-state index contributed by atoms with van der Waals surface area (Å²) >= 11 is 1.38. The zero-order valence-corrected chi connectivity index (χ0v) is 11.6. The number of hydrogen-bond acceptors (Lipinski definition) is 4. The first-order valence-electron chi connectivity index (χ1n) is 6.64. The average Bonchev–Trinajstić information content (AvgIpc) is 2.92. The van der Waals surface area contributed by atoms with Crippen LogP contribution in [0.5, 0.6) is 0 Å². The SMILES string of the molecule is NC(=O)C[C@@H](NC(=O)c1cscn1)C1CCCCC1. The van der Waals surface area contributed by atoms with Gasteiger partial charge >= 0.3 is 0 Å². The summed E-state index contributed by atoms with van der Waals surface area (Å²) < 4.78 is 0. The Hall–Kier alpha value is -1.43. The van der Waals surface area contributed by atoms with E-state index in [2.05, 4.69) is 10.3 Å². The minimum absolute atomic E-state index is 0.160. The molecule has 0 aromatic carbocycles. The number of primary amides is 1. The summed E-state index contributed by atoms with van der Waals surface area (Å²) in [5.74, 6) is -0.226. The van der Waals surface area contributed by atoms with Crippen molar-refractivity contribution in [3.8, 4) is 0 Å². The molecule has 0 unspecified atom stereocenters. The monoisotopic (exact) mass is 281 g/mol. The fraction of sp³-hybridized carbons (Fsp3) is 0.615. The Morgan fingerprint density at radius 3 is 2.74 bits per heavy atom. The predicted molar refractivity (Wildman–Crippen MR) is 73.8 cm³/mol. The number of amides is 2. The minimum atomic E-state index is -0.367. The van der Waals surface area contributed by atoms with E-state index in [0.29, 0.717) is 11.6 Å². The maximum atomic E-state index is 12.0. The smallest absolute Gasteiger partial charge is 0.270 e. The van der Waals surface area contributed by atoms with Crippen molar-refractivity contribution >= 4 is 23.2 Å². The number of carbonyl (C=O) groups is 2. The molecule has 104 valence electrons. The first-order valence-corrected chi connectivity index (χ1v) is 7.58. The van der Waals surface area contributed by atoms with Gasteiger partial charge in [-0.05, 0) is 18.8 Å². The summed E-state index contributed by atoms with van der Waals surface area (Å²) in [6.07, 6.45) is 5.87. The second-order valence-corrected chi connectivity index (χ2v) is 5.74. The van der Waals surface area contributed by atoms with E-state index >= 15 is 0 Å². The van der Waals surface area contributed by atoms with Gasteiger partial charge in [0.05, 0.1) is 5.51 Å². The highest BCUT2D eigenvalue weighted by Crippen LogP contribution is 2.27. The van der Waals surface area contributed by atoms with Crippen LogP contribution in [0.4, 0.5) is 0 Å². The number of aromatic nitrogens is 1. The zero-order chi connectivity index (χ0) is 13.7. The largest absolute Gasteiger partial charge is 0.370 e. The number of nitrogens with two attached hydrogens (primary N) is 1. The van der Waals surface area contributed by atoms with Crippen molar-refractivity contribution in [2.75, 3.05) is 0 Å². The highest BCUT2D eigenvalue weighted by Gasteiger charge is 2.27. The Labute approximate surface area is 116 Å². The van der Waals surface area contributed by atoms with Gasteiger partial charge in [0.15, 0.2) is 0 Å². The zero-order valence-electron chi connectivity index (χ0n) is 10.8. The number of rotatable bonds is 5. The fourth-order valence-electron chi connectivity index (χ4n) is 2.66. The third-order valence-corrected chi connectivity index (χ3v) is 4.21. The summed E-state index contributed by atoms with van der Waals surface area (Å²) in [6.45, 7) is 0. The Kier molecular flexibility index (Phi) is 4.90. The molecule has 5 nitrogen and oxygen atoms in total. The fourth-order valence-corrected chi connectivity index (χ4v) is 3.19. The quantitative estimate of drug-likeness (QED) is 0.861. The third-order valence-electron chi connectivity index (χ3n) is 3.62. The molecule has 0 spiro atoms. The second-order valence-electron chi connectivity index (χ2n) is 5.02. The van der Waals surface area contributed by atoms with E-state index in [1.54, 1.807) is 10.9 Å². The average molecular weight is 281 g/mol. The van der Waals surface area contributed by atoms with E-state index in [-0.39, 0.29) is 24.3 Å². The first kappa shape index (κ1) is 14.0. The Bertz CT molecular complexity index is 427. The molecule has 1 saturated carbocycles. The van der Waals surface area contributed by atoms with Crippen LogP contribution in [-0.2, 0) is 4.79 Å². The van der Waals surface area contributed by atoms with Crippen molar-refractivity contribution in [3.63, 3.8) is 0 Å². The molecule has 1 aromatic heterocycles. The summed E-state index contributed by atoms with van der Waals surface area (Å²) in [5, 5.41) is 4.63. The third kappa shape index (κ3) is 4.02. The van der Waals surface area contributed by atoms with Crippen molar-refractivity contribution in [2.45, 2.75) is 44.6 Å². The van der Waals surface area contributed by atoms with Gasteiger partial charge in [0.2, 0.25) is 5.91 Å². The van der Waals surface area contributed by atoms with E-state index in [1.165, 1.54) is 17.8 Å². The van der Waals surface area contributed by atoms with Gasteiger partial charge in [0.25, 0.3) is 5.91 Å². The summed E-state index contributed by atoms with van der Waals surface area (Å²) in [5.41, 5.74) is 7.33. The molecule has 1 aliphatic rings. The first-order chi connectivity index (χ1) is 9.16. The van der Waals surface area contributed by atoms with Crippen LogP contribution in [0.2, 0.25) is 0 Å². The molecule has 1 aromatic rings. The molecule has 6 heteroatoms. The molecular formula is C13H19N3O2S. The van der Waals surface area contributed by atoms with Crippen molar-refractivity contribution in [1.29, 1.82) is 0 Å². The molecule has 1 heterocycles. The molecule has 2 amide bonds. The van der Waals surface area contributed by atoms with Crippen molar-refractivity contribution in [1.82, 2.24) is 10.3 Å². The molecule has 0 radical (unpaired) electrons. The van der Waals surface area contributed by atoms with Crippen molar-refractivity contribution in [2.24, 2.45) is 11.7 Å². The van der Waals surface area contributed by atoms with E-state index < -0.39 is 0 Å². The molecule has 1 atom stereocenters. The standard InChI is InChI=1S/C13H19N3O2S/c14-12(17)6-10(9-4-2-1-3-5-9)16-13(18)11-7-19-8-15-11/h7-10H,1-6H2,(H2,14,17)(H,16,18)/t10-/m1/s1. The van der Waals surface area contributed by atoms with Gasteiger partial charge in [0, 0.05) is 17.8 Å². The Morgan fingerprint density at radius 2 is 2.16 bits per heavy atom. The lowest BCUT2D eigenvalue weighted by atomic mass is 9.82. The maximum Gasteiger partial charge on any atom is 0.270 e. The molecule has 2 rings (SSSR count). The molecule has 1 fully saturated rings. The Balaban J connectivity index is 2.00. The highest BCUT2D eigenvalue weighted by molar-refractivity contribution is 7.07. The van der Waals surface area contributed by atoms with Gasteiger partial charge in [-0.2, -0.15) is 0 Å². The summed E-state index contributed by atoms with van der Waals surface area (Å²) in [6, 6.07) is -0.160. The highest BCUT2D eigenvalue weighted by atomic mass is 32.1. The molecule has 3 N–H and O–H groups in total. The lowest BCUT2D eigenvalue weighted by molar-refractivity contribution is -0.118. The van der Waals surface area contributed by atoms with Gasteiger partial charge in [-0.1, -0.05) is 19.3 Å². The molecule has 1 aliphatic carbocycles. The summed E-state index contributed by atoms with van der Waals surface area (Å²) in [4.78, 5) is 27.2. The lowest BCUT2D eigenvalue weighted by Crippen LogP contribution is -2.43. The van der Waals surface area contributed by atoms with Crippen LogP contribution in [0.1, 0.15) is 49.0 Å². The molecule has 0 saturated heterocycles. The van der Waals surface area contributed by atoms with Crippen LogP contribution in [0.3, 0.4) is 0 Å². The lowest BCUT2D eigenvalue weighted by Gasteiger charge is -2.30. The molecule has 0 aliphatic heterocycles. The number of thiazole rings is 1. The number of hydrogen-bond donors (Lipinski definition) is 2. The van der Waals surface area contributed by atoms with E-state index in [9.17, 15) is 9.59 Å². The van der Waals surface area contributed by atoms with E-state index in [0.717, 1.165) is 25.7 Å². The minimum Gasteiger partial charge on any atom is -0.370 e. The molecule has 19 heavy (non-hydrogen) atoms. The Morgan fingerprint density at radius 1 is 1.42 bits per heavy atom. The normalized spacial score (nSPS) is 17.9. The van der Waals surface area contributed by atoms with Gasteiger partial charge in [-0.15, -0.1) is 11.3 Å². The maximum absolute atomic E-state index is 12.0. The van der Waals surface area contributed by atoms with Crippen LogP contribution in [-0.4, -0.2) is 22.8 Å². The van der Waals surface area contributed by atoms with E-state index in [1.807, 2.05) is 0 Å². The van der Waals surface area contributed by atoms with Crippen molar-refractivity contribution < 1.29 is 9.59 Å². The number of carbonyl (C=O) groups excluding carboxylic acids is 2. The second kappa shape index (κ2) is 6.65. The van der Waals surface area contributed by atoms with E-state index in [4.69, 9.17) is 5.73 Å². The number of nitrogens with zero attached hydrogens (tertiary/aromatic N) is 1. The predicted octanol–water partition coefficient (Wildman–Crippen LogP) is 1.70. The molecular weight excluding hydrogens is 262 g/mol. The molecule has 0 bridgehead atoms. The van der Waals surface area contributed by atoms with Gasteiger partial charge in [-0.3, -0.25) is 9.59 Å². The topological polar surface area (TPSA) is 85.1 Å². The van der Waals surface area contributed by atoms with Crippen LogP contribution < -0.4 is 11.1 Å². The summed E-state index contributed by atoms with van der Waals surface area (Å²) in [7, 11) is 0. The number of nitrogens with one attached hydrogen (secondary N) is 1. The van der Waals surface area contributed by atoms with Gasteiger partial charge in [-0.25, -0.2) is 4.98 Å². The van der Waals surface area contributed by atoms with Crippen LogP contribution >= 0.6 is 11.3 Å². The van der Waals surface area contributed by atoms with Crippen LogP contribution in [0.25, 0.3) is 0 Å². The van der Waals surface area contributed by atoms with Crippen LogP contribution in [0.15, 0.2) is 10.9 Å². The van der Waals surface area contributed by atoms with Gasteiger partial charge < -0.3 is 11.1 Å². The van der Waals surface area contributed by atoms with Crippen LogP contribution in [0, 0.1) is 5.92 Å². The van der Waals surface area contributed by atoms with Crippen molar-refractivity contribution in [3.05, 3.63) is 16.6 Å². The van der Waals surface area contributed by atoms with Gasteiger partial charge in [0.1, 0.15) is 5.69 Å².